The normalized spacial score (nSPS) is 32.9. The first-order valence-electron chi connectivity index (χ1n) is 6.60. The van der Waals surface area contributed by atoms with Gasteiger partial charge in [-0.05, 0) is 33.6 Å². The number of aliphatic hydroxyl groups is 1. The Hall–Kier alpha value is -0.810. The van der Waals surface area contributed by atoms with Gasteiger partial charge >= 0.3 is 6.09 Å². The van der Waals surface area contributed by atoms with Crippen molar-refractivity contribution in [1.82, 2.24) is 4.90 Å². The van der Waals surface area contributed by atoms with E-state index >= 15 is 0 Å². The molecule has 2 atom stereocenters. The molecule has 2 heterocycles. The van der Waals surface area contributed by atoms with Crippen LogP contribution in [0, 0.1) is 0 Å². The van der Waals surface area contributed by atoms with Crippen LogP contribution in [0.15, 0.2) is 0 Å². The van der Waals surface area contributed by atoms with Crippen molar-refractivity contribution in [2.24, 2.45) is 0 Å². The van der Waals surface area contributed by atoms with E-state index in [1.54, 1.807) is 4.90 Å². The Kier molecular flexibility index (Phi) is 3.56. The molecule has 18 heavy (non-hydrogen) atoms. The van der Waals surface area contributed by atoms with Crippen LogP contribution in [-0.4, -0.2) is 53.1 Å². The SMILES string of the molecule is CC(C)(C)OC(=O)N1CCC[C@@]2(C[C@H](O)CO2)C1. The number of piperidine rings is 1. The molecule has 2 rings (SSSR count). The highest BCUT2D eigenvalue weighted by Crippen LogP contribution is 2.35. The summed E-state index contributed by atoms with van der Waals surface area (Å²) in [6, 6.07) is 0. The van der Waals surface area contributed by atoms with Crippen LogP contribution in [0.25, 0.3) is 0 Å². The average Bonchev–Trinajstić information content (AvgIpc) is 2.57. The van der Waals surface area contributed by atoms with E-state index in [4.69, 9.17) is 9.47 Å². The molecule has 2 saturated heterocycles. The monoisotopic (exact) mass is 257 g/mol. The first kappa shape index (κ1) is 13.6. The van der Waals surface area contributed by atoms with Gasteiger partial charge in [-0.3, -0.25) is 0 Å². The summed E-state index contributed by atoms with van der Waals surface area (Å²) in [5, 5.41) is 9.60. The summed E-state index contributed by atoms with van der Waals surface area (Å²) in [6.45, 7) is 7.19. The zero-order valence-electron chi connectivity index (χ0n) is 11.4. The molecule has 0 unspecified atom stereocenters. The van der Waals surface area contributed by atoms with Gasteiger partial charge in [-0.15, -0.1) is 0 Å². The highest BCUT2D eigenvalue weighted by atomic mass is 16.6. The summed E-state index contributed by atoms with van der Waals surface area (Å²) >= 11 is 0. The first-order valence-corrected chi connectivity index (χ1v) is 6.60. The van der Waals surface area contributed by atoms with Gasteiger partial charge in [0.1, 0.15) is 5.60 Å². The van der Waals surface area contributed by atoms with E-state index in [2.05, 4.69) is 0 Å². The number of hydrogen-bond acceptors (Lipinski definition) is 4. The van der Waals surface area contributed by atoms with Crippen molar-refractivity contribution < 1.29 is 19.4 Å². The molecule has 2 aliphatic rings. The largest absolute Gasteiger partial charge is 0.444 e. The zero-order chi connectivity index (χ0) is 13.4. The minimum absolute atomic E-state index is 0.286. The van der Waals surface area contributed by atoms with Crippen molar-refractivity contribution in [2.75, 3.05) is 19.7 Å². The molecule has 1 spiro atoms. The molecule has 5 heteroatoms. The van der Waals surface area contributed by atoms with Crippen LogP contribution in [0.2, 0.25) is 0 Å². The van der Waals surface area contributed by atoms with Crippen molar-refractivity contribution in [2.45, 2.75) is 57.3 Å². The van der Waals surface area contributed by atoms with E-state index in [-0.39, 0.29) is 11.7 Å². The van der Waals surface area contributed by atoms with Crippen molar-refractivity contribution in [3.63, 3.8) is 0 Å². The first-order chi connectivity index (χ1) is 8.30. The highest BCUT2D eigenvalue weighted by Gasteiger charge is 2.44. The van der Waals surface area contributed by atoms with Gasteiger partial charge in [0.05, 0.1) is 24.9 Å². The third kappa shape index (κ3) is 3.14. The van der Waals surface area contributed by atoms with Crippen LogP contribution in [0.1, 0.15) is 40.0 Å². The standard InChI is InChI=1S/C13H23NO4/c1-12(2,3)18-11(16)14-6-4-5-13(9-14)7-10(15)8-17-13/h10,15H,4-9H2,1-3H3/t10-,13+/m0/s1. The number of amides is 1. The van der Waals surface area contributed by atoms with Gasteiger partial charge in [0.15, 0.2) is 0 Å². The Morgan fingerprint density at radius 3 is 2.78 bits per heavy atom. The topological polar surface area (TPSA) is 59.0 Å². The van der Waals surface area contributed by atoms with Gasteiger partial charge in [-0.2, -0.15) is 0 Å². The van der Waals surface area contributed by atoms with Gasteiger partial charge in [-0.1, -0.05) is 0 Å². The van der Waals surface area contributed by atoms with E-state index in [0.717, 1.165) is 12.8 Å². The second kappa shape index (κ2) is 4.70. The summed E-state index contributed by atoms with van der Waals surface area (Å²) in [4.78, 5) is 13.7. The minimum atomic E-state index is -0.474. The second-order valence-corrected chi connectivity index (χ2v) is 6.36. The number of ether oxygens (including phenoxy) is 2. The van der Waals surface area contributed by atoms with Gasteiger partial charge < -0.3 is 19.5 Å². The van der Waals surface area contributed by atoms with Crippen molar-refractivity contribution in [3.05, 3.63) is 0 Å². The maximum atomic E-state index is 12.0. The summed E-state index contributed by atoms with van der Waals surface area (Å²) in [7, 11) is 0. The van der Waals surface area contributed by atoms with Crippen LogP contribution in [0.4, 0.5) is 4.79 Å². The summed E-state index contributed by atoms with van der Waals surface area (Å²) in [6.07, 6.45) is 1.73. The van der Waals surface area contributed by atoms with E-state index in [0.29, 0.717) is 26.1 Å². The maximum absolute atomic E-state index is 12.0. The Morgan fingerprint density at radius 1 is 1.50 bits per heavy atom. The molecule has 2 fully saturated rings. The highest BCUT2D eigenvalue weighted by molar-refractivity contribution is 5.68. The summed E-state index contributed by atoms with van der Waals surface area (Å²) < 4.78 is 11.1. The lowest BCUT2D eigenvalue weighted by Gasteiger charge is -2.39. The second-order valence-electron chi connectivity index (χ2n) is 6.36. The van der Waals surface area contributed by atoms with E-state index in [1.165, 1.54) is 0 Å². The third-order valence-electron chi connectivity index (χ3n) is 3.38. The lowest BCUT2D eigenvalue weighted by Crippen LogP contribution is -2.51. The molecular weight excluding hydrogens is 234 g/mol. The Morgan fingerprint density at radius 2 is 2.22 bits per heavy atom. The fourth-order valence-corrected chi connectivity index (χ4v) is 2.69. The predicted molar refractivity (Wildman–Crippen MR) is 66.3 cm³/mol. The van der Waals surface area contributed by atoms with Gasteiger partial charge in [-0.25, -0.2) is 4.79 Å². The number of nitrogens with zero attached hydrogens (tertiary/aromatic N) is 1. The number of rotatable bonds is 0. The molecule has 0 saturated carbocycles. The summed E-state index contributed by atoms with van der Waals surface area (Å²) in [5.74, 6) is 0. The van der Waals surface area contributed by atoms with Crippen LogP contribution < -0.4 is 0 Å². The van der Waals surface area contributed by atoms with Gasteiger partial charge in [0, 0.05) is 13.0 Å². The van der Waals surface area contributed by atoms with Crippen LogP contribution in [0.3, 0.4) is 0 Å². The lowest BCUT2D eigenvalue weighted by atomic mass is 9.89. The van der Waals surface area contributed by atoms with Crippen molar-refractivity contribution >= 4 is 6.09 Å². The Labute approximate surface area is 108 Å². The van der Waals surface area contributed by atoms with Crippen LogP contribution in [-0.2, 0) is 9.47 Å². The molecule has 0 bridgehead atoms. The molecule has 1 amide bonds. The van der Waals surface area contributed by atoms with Gasteiger partial charge in [0.25, 0.3) is 0 Å². The quantitative estimate of drug-likeness (QED) is 0.715. The number of hydrogen-bond donors (Lipinski definition) is 1. The molecule has 2 aliphatic heterocycles. The van der Waals surface area contributed by atoms with Crippen molar-refractivity contribution in [1.29, 1.82) is 0 Å². The Bertz CT molecular complexity index is 321. The fraction of sp³-hybridized carbons (Fsp3) is 0.923. The zero-order valence-corrected chi connectivity index (χ0v) is 11.4. The molecule has 0 aliphatic carbocycles. The maximum Gasteiger partial charge on any atom is 0.410 e. The smallest absolute Gasteiger partial charge is 0.410 e. The molecule has 0 radical (unpaired) electrons. The van der Waals surface area contributed by atoms with E-state index in [9.17, 15) is 9.90 Å². The van der Waals surface area contributed by atoms with E-state index in [1.807, 2.05) is 20.8 Å². The Balaban J connectivity index is 1.97. The van der Waals surface area contributed by atoms with E-state index < -0.39 is 11.7 Å². The molecular formula is C13H23NO4. The average molecular weight is 257 g/mol. The number of carbonyl (C=O) groups excluding carboxylic acids is 1. The van der Waals surface area contributed by atoms with Crippen LogP contribution >= 0.6 is 0 Å². The molecule has 0 aromatic rings. The molecule has 5 nitrogen and oxygen atoms in total. The lowest BCUT2D eigenvalue weighted by molar-refractivity contribution is -0.0580. The summed E-state index contributed by atoms with van der Waals surface area (Å²) in [5.41, 5.74) is -0.827. The van der Waals surface area contributed by atoms with Gasteiger partial charge in [0.2, 0.25) is 0 Å². The molecule has 0 aromatic heterocycles. The number of carbonyl (C=O) groups is 1. The predicted octanol–water partition coefficient (Wildman–Crippen LogP) is 1.54. The van der Waals surface area contributed by atoms with Crippen molar-refractivity contribution in [3.8, 4) is 0 Å². The molecule has 104 valence electrons. The third-order valence-corrected chi connectivity index (χ3v) is 3.38. The molecule has 1 N–H and O–H groups in total. The van der Waals surface area contributed by atoms with Crippen LogP contribution in [0.5, 0.6) is 0 Å². The number of likely N-dealkylation sites (tertiary alicyclic amines) is 1. The fourth-order valence-electron chi connectivity index (χ4n) is 2.69. The number of aliphatic hydroxyl groups excluding tert-OH is 1. The molecule has 0 aromatic carbocycles. The minimum Gasteiger partial charge on any atom is -0.444 e.